The molecular weight excluding hydrogens is 796 g/mol. The first-order chi connectivity index (χ1) is 28.1. The average Bonchev–Trinajstić information content (AvgIpc) is 3.86. The van der Waals surface area contributed by atoms with Crippen LogP contribution in [0.2, 0.25) is 18.1 Å². The van der Waals surface area contributed by atoms with Crippen LogP contribution in [0.1, 0.15) is 56.9 Å². The highest BCUT2D eigenvalue weighted by Gasteiger charge is 2.74. The first-order valence-electron chi connectivity index (χ1n) is 19.8. The Hall–Kier alpha value is -4.48. The molecule has 6 aromatic rings. The third-order valence-corrected chi connectivity index (χ3v) is 17.7. The number of benzene rings is 5. The largest absolute Gasteiger partial charge is 0.588 e. The van der Waals surface area contributed by atoms with E-state index < -0.39 is 51.3 Å². The van der Waals surface area contributed by atoms with Crippen LogP contribution >= 0.6 is 19.4 Å². The molecule has 0 aliphatic carbocycles. The molecule has 3 heterocycles. The van der Waals surface area contributed by atoms with Crippen molar-refractivity contribution in [1.29, 1.82) is 0 Å². The number of fused-ring (bicyclic) bond motifs is 1. The maximum absolute atomic E-state index is 14.7. The number of hydrogen-bond acceptors (Lipinski definition) is 9. The van der Waals surface area contributed by atoms with Gasteiger partial charge in [-0.1, -0.05) is 153 Å². The summed E-state index contributed by atoms with van der Waals surface area (Å²) in [6.07, 6.45) is -2.03. The maximum atomic E-state index is 14.7. The second kappa shape index (κ2) is 15.5. The molecule has 5 aromatic carbocycles. The molecule has 2 fully saturated rings. The monoisotopic (exact) mass is 844 g/mol. The standard InChI is InChI=1S/C48H49O8PSSi/c1-44(2,3)59(6,7)54-38-30-31-40(39(33-38)41-29-20-32-58-41)51-48(57(49)50)55-46(34-21-12-8-13-22-34,35-23-14-9-15-24-35)42-43(53-45(4,5)52-42)47(56-48,36-25-16-10-17-26-36)37-27-18-11-19-28-37/h8-33,42-43H,1-7H3/t42-,43-/m1/s1. The van der Waals surface area contributed by atoms with E-state index in [-0.39, 0.29) is 10.8 Å². The second-order valence-corrected chi connectivity index (χ2v) is 23.7. The fraction of sp³-hybridized carbons (Fsp3) is 0.292. The molecule has 0 saturated carbocycles. The summed E-state index contributed by atoms with van der Waals surface area (Å²) in [6, 6.07) is 47.4. The fourth-order valence-corrected chi connectivity index (χ4v) is 10.3. The molecule has 1 unspecified atom stereocenters. The Bertz CT molecular complexity index is 2200. The Morgan fingerprint density at radius 2 is 1.10 bits per heavy atom. The summed E-state index contributed by atoms with van der Waals surface area (Å²) in [6.45, 7) is 14.6. The third-order valence-electron chi connectivity index (χ3n) is 11.7. The van der Waals surface area contributed by atoms with E-state index in [4.69, 9.17) is 28.1 Å². The van der Waals surface area contributed by atoms with E-state index in [0.717, 1.165) is 4.88 Å². The first-order valence-corrected chi connectivity index (χ1v) is 24.8. The van der Waals surface area contributed by atoms with E-state index in [1.54, 1.807) is 6.07 Å². The summed E-state index contributed by atoms with van der Waals surface area (Å²) >= 11 is 1.50. The Morgan fingerprint density at radius 1 is 0.661 bits per heavy atom. The van der Waals surface area contributed by atoms with Gasteiger partial charge in [0.2, 0.25) is 8.32 Å². The molecule has 304 valence electrons. The number of thiophene rings is 1. The minimum Gasteiger partial charge on any atom is -0.588 e. The summed E-state index contributed by atoms with van der Waals surface area (Å²) in [5.41, 5.74) is -3.14. The van der Waals surface area contributed by atoms with Gasteiger partial charge < -0.3 is 23.5 Å². The van der Waals surface area contributed by atoms with Crippen LogP contribution in [0.5, 0.6) is 11.5 Å². The van der Waals surface area contributed by atoms with Crippen LogP contribution in [0, 0.1) is 0 Å². The molecule has 0 spiro atoms. The molecular formula is C48H49O8PSSi. The third kappa shape index (κ3) is 7.40. The van der Waals surface area contributed by atoms with Gasteiger partial charge in [-0.05, 0) is 83.9 Å². The lowest BCUT2D eigenvalue weighted by Gasteiger charge is -2.41. The van der Waals surface area contributed by atoms with E-state index in [1.807, 2.05) is 165 Å². The fourth-order valence-electron chi connectivity index (χ4n) is 7.89. The summed E-state index contributed by atoms with van der Waals surface area (Å²) in [4.78, 5) is 15.5. The molecule has 3 atom stereocenters. The highest BCUT2D eigenvalue weighted by atomic mass is 32.1. The van der Waals surface area contributed by atoms with Gasteiger partial charge in [0.05, 0.1) is 0 Å². The molecule has 2 aliphatic rings. The van der Waals surface area contributed by atoms with Crippen LogP contribution in [-0.4, -0.2) is 32.0 Å². The zero-order valence-corrected chi connectivity index (χ0v) is 37.0. The van der Waals surface area contributed by atoms with Crippen molar-refractivity contribution in [3.8, 4) is 21.9 Å². The van der Waals surface area contributed by atoms with Crippen molar-refractivity contribution < 1.29 is 37.6 Å². The van der Waals surface area contributed by atoms with Gasteiger partial charge in [0, 0.05) is 10.4 Å². The lowest BCUT2D eigenvalue weighted by molar-refractivity contribution is -0.373. The average molecular weight is 845 g/mol. The van der Waals surface area contributed by atoms with Crippen LogP contribution in [0.15, 0.2) is 157 Å². The SMILES string of the molecule is CC1(C)O[C@@H]2[C@@H](O1)C(c1ccccc1)(c1ccccc1)OC(Oc1ccc(O[Si](C)(C)C(C)(C)C)cc1-c1cccs1)([P+](=O)[O-])OC2(c1ccccc1)c1ccccc1. The van der Waals surface area contributed by atoms with Gasteiger partial charge in [-0.2, -0.15) is 0 Å². The van der Waals surface area contributed by atoms with Crippen LogP contribution in [0.3, 0.4) is 0 Å². The summed E-state index contributed by atoms with van der Waals surface area (Å²) in [7, 11) is -6.06. The molecule has 2 saturated heterocycles. The Morgan fingerprint density at radius 3 is 1.47 bits per heavy atom. The highest BCUT2D eigenvalue weighted by molar-refractivity contribution is 7.37. The second-order valence-electron chi connectivity index (χ2n) is 17.0. The van der Waals surface area contributed by atoms with Crippen molar-refractivity contribution in [2.75, 3.05) is 0 Å². The van der Waals surface area contributed by atoms with Gasteiger partial charge >= 0.3 is 13.7 Å². The van der Waals surface area contributed by atoms with E-state index in [9.17, 15) is 9.46 Å². The minimum atomic E-state index is -3.78. The smallest absolute Gasteiger partial charge is 0.542 e. The van der Waals surface area contributed by atoms with Crippen LogP contribution in [0.25, 0.3) is 10.4 Å². The van der Waals surface area contributed by atoms with Gasteiger partial charge in [0.15, 0.2) is 17.0 Å². The Labute approximate surface area is 352 Å². The number of ether oxygens (including phenoxy) is 5. The van der Waals surface area contributed by atoms with Crippen LogP contribution < -0.4 is 14.1 Å². The molecule has 0 radical (unpaired) electrons. The topological polar surface area (TPSA) is 95.5 Å². The van der Waals surface area contributed by atoms with Crippen molar-refractivity contribution >= 4 is 27.7 Å². The van der Waals surface area contributed by atoms with Gasteiger partial charge in [-0.25, -0.2) is 0 Å². The lowest BCUT2D eigenvalue weighted by atomic mass is 9.72. The molecule has 11 heteroatoms. The summed E-state index contributed by atoms with van der Waals surface area (Å²) in [5, 5.41) is 1.90. The van der Waals surface area contributed by atoms with Crippen molar-refractivity contribution in [1.82, 2.24) is 0 Å². The molecule has 2 aliphatic heterocycles. The molecule has 8 rings (SSSR count). The van der Waals surface area contributed by atoms with E-state index >= 15 is 0 Å². The Kier molecular flexibility index (Phi) is 10.9. The predicted octanol–water partition coefficient (Wildman–Crippen LogP) is 11.3. The molecule has 0 N–H and O–H groups in total. The summed E-state index contributed by atoms with van der Waals surface area (Å²) < 4.78 is 57.4. The maximum Gasteiger partial charge on any atom is 0.542 e. The van der Waals surface area contributed by atoms with Crippen LogP contribution in [-0.2, 0) is 34.7 Å². The molecule has 59 heavy (non-hydrogen) atoms. The van der Waals surface area contributed by atoms with Gasteiger partial charge in [-0.3, -0.25) is 9.47 Å². The van der Waals surface area contributed by atoms with Crippen molar-refractivity contribution in [3.63, 3.8) is 0 Å². The quantitative estimate of drug-likeness (QED) is 0.0994. The highest BCUT2D eigenvalue weighted by Crippen LogP contribution is 2.61. The van der Waals surface area contributed by atoms with E-state index in [0.29, 0.717) is 33.6 Å². The predicted molar refractivity (Wildman–Crippen MR) is 232 cm³/mol. The van der Waals surface area contributed by atoms with Gasteiger partial charge in [0.1, 0.15) is 23.7 Å². The van der Waals surface area contributed by atoms with Gasteiger partial charge in [-0.15, -0.1) is 11.3 Å². The van der Waals surface area contributed by atoms with Crippen LogP contribution in [0.4, 0.5) is 0 Å². The number of rotatable bonds is 10. The van der Waals surface area contributed by atoms with Crippen molar-refractivity contribution in [2.45, 2.75) is 87.7 Å². The normalized spacial score (nSPS) is 20.8. The minimum absolute atomic E-state index is 0.0640. The summed E-state index contributed by atoms with van der Waals surface area (Å²) in [5.74, 6) is -0.299. The number of hydrogen-bond donors (Lipinski definition) is 0. The van der Waals surface area contributed by atoms with Gasteiger partial charge in [0.25, 0.3) is 0 Å². The molecule has 1 aromatic heterocycles. The zero-order valence-electron chi connectivity index (χ0n) is 34.3. The van der Waals surface area contributed by atoms with E-state index in [2.05, 4.69) is 33.9 Å². The van der Waals surface area contributed by atoms with Crippen molar-refractivity contribution in [3.05, 3.63) is 179 Å². The molecule has 8 nitrogen and oxygen atoms in total. The first kappa shape index (κ1) is 41.3. The van der Waals surface area contributed by atoms with E-state index in [1.165, 1.54) is 11.3 Å². The van der Waals surface area contributed by atoms with Crippen molar-refractivity contribution in [2.24, 2.45) is 0 Å². The zero-order chi connectivity index (χ0) is 41.7. The Balaban J connectivity index is 1.45. The molecule has 0 amide bonds. The molecule has 0 bridgehead atoms. The lowest BCUT2D eigenvalue weighted by Crippen LogP contribution is -2.53.